The first-order valence-corrected chi connectivity index (χ1v) is 9.43. The van der Waals surface area contributed by atoms with Gasteiger partial charge in [-0.25, -0.2) is 13.9 Å². The first-order chi connectivity index (χ1) is 13.0. The van der Waals surface area contributed by atoms with Crippen LogP contribution in [0.25, 0.3) is 0 Å². The van der Waals surface area contributed by atoms with Crippen LogP contribution in [-0.2, 0) is 24.3 Å². The molecule has 1 aliphatic rings. The van der Waals surface area contributed by atoms with E-state index >= 15 is 0 Å². The van der Waals surface area contributed by atoms with E-state index in [0.717, 1.165) is 37.7 Å². The molecule has 3 rings (SSSR count). The summed E-state index contributed by atoms with van der Waals surface area (Å²) in [4.78, 5) is 24.0. The summed E-state index contributed by atoms with van der Waals surface area (Å²) in [6.07, 6.45) is 3.70. The Balaban J connectivity index is 1.35. The molecule has 1 aromatic heterocycles. The smallest absolute Gasteiger partial charge is 0.345 e. The first-order valence-electron chi connectivity index (χ1n) is 9.05. The molecule has 2 heterocycles. The van der Waals surface area contributed by atoms with Crippen molar-refractivity contribution < 1.29 is 13.9 Å². The number of nitrogens with zero attached hydrogens (tertiary/aromatic N) is 3. The summed E-state index contributed by atoms with van der Waals surface area (Å²) >= 11 is 5.85. The maximum Gasteiger partial charge on any atom is 0.345 e. The molecule has 0 spiro atoms. The Morgan fingerprint density at radius 1 is 1.37 bits per heavy atom. The molecule has 0 fully saturated rings. The zero-order valence-electron chi connectivity index (χ0n) is 14.9. The molecule has 0 saturated heterocycles. The molecule has 0 radical (unpaired) electrons. The van der Waals surface area contributed by atoms with Crippen molar-refractivity contribution in [3.63, 3.8) is 0 Å². The number of carbonyl (C=O) groups excluding carboxylic acids is 1. The van der Waals surface area contributed by atoms with Crippen molar-refractivity contribution in [3.8, 4) is 5.75 Å². The van der Waals surface area contributed by atoms with Gasteiger partial charge in [-0.1, -0.05) is 11.6 Å². The second kappa shape index (κ2) is 9.03. The Labute approximate surface area is 161 Å². The van der Waals surface area contributed by atoms with Gasteiger partial charge in [-0.05, 0) is 37.5 Å². The Morgan fingerprint density at radius 2 is 2.22 bits per heavy atom. The molecule has 1 aliphatic heterocycles. The van der Waals surface area contributed by atoms with Crippen LogP contribution in [0.3, 0.4) is 0 Å². The normalized spacial score (nSPS) is 13.3. The average Bonchev–Trinajstić information content (AvgIpc) is 2.97. The fraction of sp³-hybridized carbons (Fsp3) is 0.500. The van der Waals surface area contributed by atoms with Gasteiger partial charge in [0.05, 0.1) is 18.1 Å². The van der Waals surface area contributed by atoms with Gasteiger partial charge in [-0.15, -0.1) is 0 Å². The second-order valence-corrected chi connectivity index (χ2v) is 6.81. The Bertz CT molecular complexity index is 865. The van der Waals surface area contributed by atoms with E-state index in [-0.39, 0.29) is 29.6 Å². The third kappa shape index (κ3) is 5.09. The van der Waals surface area contributed by atoms with Crippen molar-refractivity contribution in [1.29, 1.82) is 0 Å². The van der Waals surface area contributed by atoms with E-state index in [1.807, 2.05) is 0 Å². The summed E-state index contributed by atoms with van der Waals surface area (Å²) in [5, 5.41) is 7.31. The van der Waals surface area contributed by atoms with Crippen molar-refractivity contribution in [2.24, 2.45) is 0 Å². The van der Waals surface area contributed by atoms with Gasteiger partial charge < -0.3 is 10.1 Å². The second-order valence-electron chi connectivity index (χ2n) is 6.41. The molecule has 146 valence electrons. The third-order valence-electron chi connectivity index (χ3n) is 4.38. The zero-order chi connectivity index (χ0) is 19.2. The number of hydrogen-bond donors (Lipinski definition) is 1. The van der Waals surface area contributed by atoms with Crippen LogP contribution in [0.15, 0.2) is 23.0 Å². The standard InChI is InChI=1S/C18H22ClFN4O3/c19-14-12-13(20)5-6-15(14)27-11-7-17(25)21-8-3-10-24-18(26)23-9-2-1-4-16(23)22-24/h5-6,12H,1-4,7-11H2,(H,21,25). The van der Waals surface area contributed by atoms with Crippen LogP contribution in [0.5, 0.6) is 5.75 Å². The van der Waals surface area contributed by atoms with Crippen LogP contribution in [-0.4, -0.2) is 33.4 Å². The van der Waals surface area contributed by atoms with Gasteiger partial charge in [-0.3, -0.25) is 9.36 Å². The quantitative estimate of drug-likeness (QED) is 0.693. The summed E-state index contributed by atoms with van der Waals surface area (Å²) in [5.74, 6) is 0.591. The summed E-state index contributed by atoms with van der Waals surface area (Å²) in [6.45, 7) is 1.80. The average molecular weight is 397 g/mol. The van der Waals surface area contributed by atoms with Crippen LogP contribution in [0.4, 0.5) is 4.39 Å². The molecular formula is C18H22ClFN4O3. The van der Waals surface area contributed by atoms with Crippen molar-refractivity contribution >= 4 is 17.5 Å². The van der Waals surface area contributed by atoms with Crippen LogP contribution < -0.4 is 15.7 Å². The predicted molar refractivity (Wildman–Crippen MR) is 98.6 cm³/mol. The lowest BCUT2D eigenvalue weighted by Crippen LogP contribution is -2.29. The molecule has 0 saturated carbocycles. The maximum atomic E-state index is 13.0. The number of fused-ring (bicyclic) bond motifs is 1. The molecule has 2 aromatic rings. The molecule has 0 unspecified atom stereocenters. The topological polar surface area (TPSA) is 78.2 Å². The third-order valence-corrected chi connectivity index (χ3v) is 4.68. The van der Waals surface area contributed by atoms with E-state index in [0.29, 0.717) is 25.3 Å². The largest absolute Gasteiger partial charge is 0.491 e. The number of carbonyl (C=O) groups is 1. The molecule has 0 aliphatic carbocycles. The summed E-state index contributed by atoms with van der Waals surface area (Å²) in [7, 11) is 0. The minimum Gasteiger partial charge on any atom is -0.491 e. The Morgan fingerprint density at radius 3 is 3.00 bits per heavy atom. The van der Waals surface area contributed by atoms with Crippen molar-refractivity contribution in [2.75, 3.05) is 13.2 Å². The minimum absolute atomic E-state index is 0.0689. The van der Waals surface area contributed by atoms with E-state index in [4.69, 9.17) is 16.3 Å². The van der Waals surface area contributed by atoms with Gasteiger partial charge in [0.1, 0.15) is 17.4 Å². The van der Waals surface area contributed by atoms with E-state index in [2.05, 4.69) is 10.4 Å². The lowest BCUT2D eigenvalue weighted by Gasteiger charge is -2.09. The monoisotopic (exact) mass is 396 g/mol. The van der Waals surface area contributed by atoms with E-state index in [1.165, 1.54) is 16.8 Å². The van der Waals surface area contributed by atoms with Crippen molar-refractivity contribution in [3.05, 3.63) is 45.3 Å². The van der Waals surface area contributed by atoms with Crippen LogP contribution in [0, 0.1) is 5.82 Å². The lowest BCUT2D eigenvalue weighted by molar-refractivity contribution is -0.121. The maximum absolute atomic E-state index is 13.0. The van der Waals surface area contributed by atoms with E-state index < -0.39 is 5.82 Å². The molecule has 1 amide bonds. The SMILES string of the molecule is O=C(CCOc1ccc(F)cc1Cl)NCCCn1nc2n(c1=O)CCCC2. The minimum atomic E-state index is -0.442. The molecular weight excluding hydrogens is 375 g/mol. The highest BCUT2D eigenvalue weighted by atomic mass is 35.5. The van der Waals surface area contributed by atoms with Crippen molar-refractivity contribution in [1.82, 2.24) is 19.7 Å². The molecule has 9 heteroatoms. The van der Waals surface area contributed by atoms with Crippen molar-refractivity contribution in [2.45, 2.75) is 45.2 Å². The number of hydrogen-bond acceptors (Lipinski definition) is 4. The molecule has 7 nitrogen and oxygen atoms in total. The summed E-state index contributed by atoms with van der Waals surface area (Å²) in [5.41, 5.74) is -0.0689. The Kier molecular flexibility index (Phi) is 6.49. The number of nitrogens with one attached hydrogen (secondary N) is 1. The molecule has 27 heavy (non-hydrogen) atoms. The molecule has 0 bridgehead atoms. The van der Waals surface area contributed by atoms with Gasteiger partial charge in [0.15, 0.2) is 0 Å². The van der Waals surface area contributed by atoms with Gasteiger partial charge >= 0.3 is 5.69 Å². The van der Waals surface area contributed by atoms with Crippen LogP contribution >= 0.6 is 11.6 Å². The Hall–Kier alpha value is -2.35. The number of halogens is 2. The van der Waals surface area contributed by atoms with Crippen LogP contribution in [0.2, 0.25) is 5.02 Å². The summed E-state index contributed by atoms with van der Waals surface area (Å²) in [6, 6.07) is 3.83. The number of ether oxygens (including phenoxy) is 1. The highest BCUT2D eigenvalue weighted by Crippen LogP contribution is 2.24. The molecule has 1 aromatic carbocycles. The van der Waals surface area contributed by atoms with E-state index in [9.17, 15) is 14.0 Å². The number of benzene rings is 1. The predicted octanol–water partition coefficient (Wildman–Crippen LogP) is 2.15. The first kappa shape index (κ1) is 19.4. The molecule has 0 atom stereocenters. The highest BCUT2D eigenvalue weighted by molar-refractivity contribution is 6.32. The van der Waals surface area contributed by atoms with Gasteiger partial charge in [0.2, 0.25) is 5.91 Å². The van der Waals surface area contributed by atoms with Gasteiger partial charge in [0.25, 0.3) is 0 Å². The van der Waals surface area contributed by atoms with Gasteiger partial charge in [0, 0.05) is 26.1 Å². The number of aromatic nitrogens is 3. The fourth-order valence-corrected chi connectivity index (χ4v) is 3.21. The molecule has 1 N–H and O–H groups in total. The number of aryl methyl sites for hydroxylation is 2. The number of rotatable bonds is 8. The van der Waals surface area contributed by atoms with Gasteiger partial charge in [-0.2, -0.15) is 5.10 Å². The highest BCUT2D eigenvalue weighted by Gasteiger charge is 2.16. The zero-order valence-corrected chi connectivity index (χ0v) is 15.7. The number of amides is 1. The summed E-state index contributed by atoms with van der Waals surface area (Å²) < 4.78 is 21.6. The van der Waals surface area contributed by atoms with Crippen LogP contribution in [0.1, 0.15) is 31.5 Å². The van der Waals surface area contributed by atoms with E-state index in [1.54, 1.807) is 4.57 Å². The fourth-order valence-electron chi connectivity index (χ4n) is 2.99. The lowest BCUT2D eigenvalue weighted by atomic mass is 10.2.